The number of pyridine rings is 1. The molecule has 0 saturated carbocycles. The zero-order valence-corrected chi connectivity index (χ0v) is 14.8. The standard InChI is InChI=1S/C18H24BrN3/c1-2-20-12-14-7-10-22(11-8-14)13-15-5-6-17(19)16-4-3-9-21-18(15)16/h3-6,9,14,20H,2,7-8,10-13H2,1H3. The molecule has 2 heterocycles. The third-order valence-corrected chi connectivity index (χ3v) is 5.28. The van der Waals surface area contributed by atoms with Gasteiger partial charge in [-0.05, 0) is 62.6 Å². The van der Waals surface area contributed by atoms with E-state index in [0.717, 1.165) is 29.0 Å². The van der Waals surface area contributed by atoms with Gasteiger partial charge in [-0.1, -0.05) is 35.0 Å². The van der Waals surface area contributed by atoms with Crippen LogP contribution in [0.5, 0.6) is 0 Å². The minimum Gasteiger partial charge on any atom is -0.317 e. The van der Waals surface area contributed by atoms with Crippen molar-refractivity contribution in [2.24, 2.45) is 5.92 Å². The fraction of sp³-hybridized carbons (Fsp3) is 0.500. The van der Waals surface area contributed by atoms with Gasteiger partial charge in [0.2, 0.25) is 0 Å². The van der Waals surface area contributed by atoms with Crippen LogP contribution >= 0.6 is 15.9 Å². The second-order valence-corrected chi connectivity index (χ2v) is 6.99. The lowest BCUT2D eigenvalue weighted by atomic mass is 9.96. The van der Waals surface area contributed by atoms with Crippen LogP contribution in [-0.2, 0) is 6.54 Å². The monoisotopic (exact) mass is 361 g/mol. The Bertz CT molecular complexity index is 621. The summed E-state index contributed by atoms with van der Waals surface area (Å²) in [5, 5.41) is 4.69. The average molecular weight is 362 g/mol. The van der Waals surface area contributed by atoms with Crippen LogP contribution in [0.3, 0.4) is 0 Å². The highest BCUT2D eigenvalue weighted by Gasteiger charge is 2.19. The molecule has 1 aliphatic rings. The summed E-state index contributed by atoms with van der Waals surface area (Å²) < 4.78 is 1.13. The molecule has 0 amide bonds. The molecule has 2 aromatic rings. The lowest BCUT2D eigenvalue weighted by Gasteiger charge is -2.32. The molecule has 3 rings (SSSR count). The van der Waals surface area contributed by atoms with Crippen molar-refractivity contribution < 1.29 is 0 Å². The second-order valence-electron chi connectivity index (χ2n) is 6.13. The smallest absolute Gasteiger partial charge is 0.0758 e. The first-order valence-corrected chi connectivity index (χ1v) is 9.02. The van der Waals surface area contributed by atoms with E-state index in [0.29, 0.717) is 0 Å². The van der Waals surface area contributed by atoms with Gasteiger partial charge < -0.3 is 5.32 Å². The maximum Gasteiger partial charge on any atom is 0.0758 e. The quantitative estimate of drug-likeness (QED) is 0.877. The molecule has 0 aliphatic carbocycles. The van der Waals surface area contributed by atoms with E-state index in [2.05, 4.69) is 56.3 Å². The van der Waals surface area contributed by atoms with Crippen LogP contribution in [-0.4, -0.2) is 36.1 Å². The molecule has 1 fully saturated rings. The summed E-state index contributed by atoms with van der Waals surface area (Å²) in [7, 11) is 0. The van der Waals surface area contributed by atoms with E-state index in [1.807, 2.05) is 12.3 Å². The molecule has 4 heteroatoms. The number of rotatable bonds is 5. The summed E-state index contributed by atoms with van der Waals surface area (Å²) in [5.74, 6) is 0.844. The van der Waals surface area contributed by atoms with Crippen molar-refractivity contribution in [3.63, 3.8) is 0 Å². The summed E-state index contributed by atoms with van der Waals surface area (Å²) in [6, 6.07) is 8.50. The fourth-order valence-electron chi connectivity index (χ4n) is 3.26. The lowest BCUT2D eigenvalue weighted by Crippen LogP contribution is -2.36. The molecular weight excluding hydrogens is 338 g/mol. The van der Waals surface area contributed by atoms with Crippen molar-refractivity contribution >= 4 is 26.8 Å². The van der Waals surface area contributed by atoms with Gasteiger partial charge >= 0.3 is 0 Å². The average Bonchev–Trinajstić information content (AvgIpc) is 2.57. The van der Waals surface area contributed by atoms with Crippen LogP contribution in [0.15, 0.2) is 34.9 Å². The first-order valence-electron chi connectivity index (χ1n) is 8.23. The van der Waals surface area contributed by atoms with Crippen LogP contribution in [0.2, 0.25) is 0 Å². The fourth-order valence-corrected chi connectivity index (χ4v) is 3.71. The minimum atomic E-state index is 0.844. The highest BCUT2D eigenvalue weighted by atomic mass is 79.9. The van der Waals surface area contributed by atoms with Gasteiger partial charge in [0, 0.05) is 22.6 Å². The van der Waals surface area contributed by atoms with E-state index in [9.17, 15) is 0 Å². The third-order valence-electron chi connectivity index (χ3n) is 4.58. The van der Waals surface area contributed by atoms with Gasteiger partial charge in [-0.2, -0.15) is 0 Å². The highest BCUT2D eigenvalue weighted by Crippen LogP contribution is 2.27. The molecule has 3 nitrogen and oxygen atoms in total. The van der Waals surface area contributed by atoms with Crippen LogP contribution in [0, 0.1) is 5.92 Å². The van der Waals surface area contributed by atoms with Crippen LogP contribution in [0.25, 0.3) is 10.9 Å². The van der Waals surface area contributed by atoms with Crippen molar-refractivity contribution in [2.45, 2.75) is 26.3 Å². The molecule has 0 atom stereocenters. The van der Waals surface area contributed by atoms with Crippen molar-refractivity contribution in [3.8, 4) is 0 Å². The van der Waals surface area contributed by atoms with Gasteiger partial charge in [0.15, 0.2) is 0 Å². The SMILES string of the molecule is CCNCC1CCN(Cc2ccc(Br)c3cccnc23)CC1. The second kappa shape index (κ2) is 7.53. The van der Waals surface area contributed by atoms with Crippen LogP contribution < -0.4 is 5.32 Å². The number of halogens is 1. The maximum absolute atomic E-state index is 4.60. The predicted octanol–water partition coefficient (Wildman–Crippen LogP) is 3.82. The molecule has 0 bridgehead atoms. The Hall–Kier alpha value is -0.970. The molecule has 1 N–H and O–H groups in total. The van der Waals surface area contributed by atoms with Crippen molar-refractivity contribution in [3.05, 3.63) is 40.5 Å². The molecule has 22 heavy (non-hydrogen) atoms. The summed E-state index contributed by atoms with van der Waals surface area (Å²) in [4.78, 5) is 7.17. The number of nitrogens with zero attached hydrogens (tertiary/aromatic N) is 2. The zero-order valence-electron chi connectivity index (χ0n) is 13.2. The van der Waals surface area contributed by atoms with Crippen molar-refractivity contribution in [2.75, 3.05) is 26.2 Å². The highest BCUT2D eigenvalue weighted by molar-refractivity contribution is 9.10. The first-order chi connectivity index (χ1) is 10.8. The number of aromatic nitrogens is 1. The number of piperidine rings is 1. The molecule has 1 aromatic heterocycles. The Morgan fingerprint density at radius 1 is 1.27 bits per heavy atom. The largest absolute Gasteiger partial charge is 0.317 e. The summed E-state index contributed by atoms with van der Waals surface area (Å²) in [5.41, 5.74) is 2.47. The number of hydrogen-bond donors (Lipinski definition) is 1. The molecular formula is C18H24BrN3. The Morgan fingerprint density at radius 3 is 2.86 bits per heavy atom. The topological polar surface area (TPSA) is 28.2 Å². The van der Waals surface area contributed by atoms with Gasteiger partial charge in [-0.25, -0.2) is 0 Å². The van der Waals surface area contributed by atoms with E-state index >= 15 is 0 Å². The molecule has 0 radical (unpaired) electrons. The zero-order chi connectivity index (χ0) is 15.4. The number of benzene rings is 1. The first kappa shape index (κ1) is 15.9. The normalized spacial score (nSPS) is 17.2. The molecule has 1 aliphatic heterocycles. The number of fused-ring (bicyclic) bond motifs is 1. The Balaban J connectivity index is 1.66. The molecule has 1 aromatic carbocycles. The van der Waals surface area contributed by atoms with Crippen molar-refractivity contribution in [1.29, 1.82) is 0 Å². The Morgan fingerprint density at radius 2 is 2.09 bits per heavy atom. The molecule has 0 unspecified atom stereocenters. The number of likely N-dealkylation sites (tertiary alicyclic amines) is 1. The van der Waals surface area contributed by atoms with E-state index < -0.39 is 0 Å². The summed E-state index contributed by atoms with van der Waals surface area (Å²) in [6.45, 7) is 7.83. The van der Waals surface area contributed by atoms with Gasteiger partial charge in [0.1, 0.15) is 0 Å². The Kier molecular flexibility index (Phi) is 5.45. The van der Waals surface area contributed by atoms with Crippen molar-refractivity contribution in [1.82, 2.24) is 15.2 Å². The van der Waals surface area contributed by atoms with Gasteiger partial charge in [0.25, 0.3) is 0 Å². The maximum atomic E-state index is 4.60. The summed E-state index contributed by atoms with van der Waals surface area (Å²) >= 11 is 3.63. The van der Waals surface area contributed by atoms with Gasteiger partial charge in [0.05, 0.1) is 5.52 Å². The minimum absolute atomic E-state index is 0.844. The molecule has 0 spiro atoms. The Labute approximate surface area is 141 Å². The lowest BCUT2D eigenvalue weighted by molar-refractivity contribution is 0.176. The van der Waals surface area contributed by atoms with E-state index in [-0.39, 0.29) is 0 Å². The third kappa shape index (κ3) is 3.67. The number of hydrogen-bond acceptors (Lipinski definition) is 3. The summed E-state index contributed by atoms with van der Waals surface area (Å²) in [6.07, 6.45) is 4.49. The van der Waals surface area contributed by atoms with Crippen LogP contribution in [0.4, 0.5) is 0 Å². The van der Waals surface area contributed by atoms with Gasteiger partial charge in [-0.15, -0.1) is 0 Å². The van der Waals surface area contributed by atoms with Gasteiger partial charge in [-0.3, -0.25) is 9.88 Å². The number of nitrogens with one attached hydrogen (secondary N) is 1. The van der Waals surface area contributed by atoms with E-state index in [4.69, 9.17) is 0 Å². The predicted molar refractivity (Wildman–Crippen MR) is 96.0 cm³/mol. The molecule has 118 valence electrons. The van der Waals surface area contributed by atoms with E-state index in [1.54, 1.807) is 0 Å². The molecule has 1 saturated heterocycles. The van der Waals surface area contributed by atoms with Crippen LogP contribution in [0.1, 0.15) is 25.3 Å². The van der Waals surface area contributed by atoms with E-state index in [1.165, 1.54) is 43.4 Å².